The minimum atomic E-state index is -1.01. The van der Waals surface area contributed by atoms with E-state index in [1.54, 1.807) is 17.0 Å². The zero-order valence-electron chi connectivity index (χ0n) is 14.7. The Morgan fingerprint density at radius 1 is 1.04 bits per heavy atom. The van der Waals surface area contributed by atoms with Gasteiger partial charge in [0.1, 0.15) is 5.78 Å². The minimum Gasteiger partial charge on any atom is -0.476 e. The highest BCUT2D eigenvalue weighted by Gasteiger charge is 2.28. The third-order valence-corrected chi connectivity index (χ3v) is 3.88. The number of rotatable bonds is 7. The van der Waals surface area contributed by atoms with Crippen molar-refractivity contribution in [2.45, 2.75) is 19.4 Å². The van der Waals surface area contributed by atoms with Gasteiger partial charge in [-0.05, 0) is 30.2 Å². The van der Waals surface area contributed by atoms with Gasteiger partial charge in [-0.25, -0.2) is 4.79 Å². The van der Waals surface area contributed by atoms with Gasteiger partial charge < -0.3 is 10.0 Å². The molecule has 0 spiro atoms. The summed E-state index contributed by atoms with van der Waals surface area (Å²) < 4.78 is 1.55. The summed E-state index contributed by atoms with van der Waals surface area (Å²) in [5.74, 6) is -1.16. The van der Waals surface area contributed by atoms with Crippen molar-refractivity contribution in [2.24, 2.45) is 0 Å². The summed E-state index contributed by atoms with van der Waals surface area (Å²) in [6.07, 6.45) is 7.33. The number of carboxylic acids is 1. The number of carbonyl (C=O) groups is 2. The monoisotopic (exact) mass is 339 g/mol. The summed E-state index contributed by atoms with van der Waals surface area (Å²) in [5, 5.41) is 9.27. The number of anilines is 1. The molecule has 0 bridgehead atoms. The van der Waals surface area contributed by atoms with E-state index in [0.717, 1.165) is 16.8 Å². The Labute approximate surface area is 147 Å². The number of carbonyl (C=O) groups excluding carboxylic acids is 1. The van der Waals surface area contributed by atoms with Crippen molar-refractivity contribution in [3.8, 4) is 0 Å². The van der Waals surface area contributed by atoms with Crippen LogP contribution in [0.1, 0.15) is 30.5 Å². The number of benzene rings is 1. The Balaban J connectivity index is 2.11. The Morgan fingerprint density at radius 2 is 1.56 bits per heavy atom. The van der Waals surface area contributed by atoms with E-state index < -0.39 is 12.0 Å². The van der Waals surface area contributed by atoms with Gasteiger partial charge >= 0.3 is 5.97 Å². The molecule has 1 N–H and O–H groups in total. The second kappa shape index (κ2) is 8.24. The fourth-order valence-electron chi connectivity index (χ4n) is 2.44. The lowest BCUT2D eigenvalue weighted by Crippen LogP contribution is -2.44. The van der Waals surface area contributed by atoms with Crippen LogP contribution in [0.25, 0.3) is 12.2 Å². The van der Waals surface area contributed by atoms with Crippen LogP contribution in [0.3, 0.4) is 0 Å². The van der Waals surface area contributed by atoms with Gasteiger partial charge in [-0.1, -0.05) is 24.3 Å². The lowest BCUT2D eigenvalue weighted by molar-refractivity contribution is -0.709. The molecule has 1 heterocycles. The standard InChI is InChI=1S/C20H22N2O3/c1-15(23)14-19(20(24)25)22-12-10-17(11-13-22)5-4-16-6-8-18(9-7-16)21(2)3/h4-13,19H,14H2,1-3H3/p+1. The lowest BCUT2D eigenvalue weighted by atomic mass is 10.1. The van der Waals surface area contributed by atoms with Gasteiger partial charge in [0.05, 0.1) is 6.42 Å². The Kier molecular flexibility index (Phi) is 6.06. The maximum absolute atomic E-state index is 11.3. The number of pyridine rings is 1. The van der Waals surface area contributed by atoms with E-state index in [-0.39, 0.29) is 12.2 Å². The van der Waals surface area contributed by atoms with Crippen molar-refractivity contribution in [1.29, 1.82) is 0 Å². The van der Waals surface area contributed by atoms with Gasteiger partial charge in [0.25, 0.3) is 6.04 Å². The molecule has 1 aromatic carbocycles. The van der Waals surface area contributed by atoms with Crippen LogP contribution in [-0.2, 0) is 9.59 Å². The summed E-state index contributed by atoms with van der Waals surface area (Å²) in [6, 6.07) is 11.0. The molecular weight excluding hydrogens is 316 g/mol. The Hall–Kier alpha value is -2.95. The molecule has 5 heteroatoms. The third kappa shape index (κ3) is 5.28. The highest BCUT2D eigenvalue weighted by atomic mass is 16.4. The second-order valence-electron chi connectivity index (χ2n) is 6.16. The van der Waals surface area contributed by atoms with Crippen LogP contribution in [-0.4, -0.2) is 31.0 Å². The molecule has 0 saturated heterocycles. The molecule has 0 fully saturated rings. The van der Waals surface area contributed by atoms with Crippen molar-refractivity contribution < 1.29 is 19.3 Å². The number of ketones is 1. The third-order valence-electron chi connectivity index (χ3n) is 3.88. The van der Waals surface area contributed by atoms with Crippen LogP contribution in [0.2, 0.25) is 0 Å². The molecule has 2 aromatic rings. The molecule has 0 aliphatic carbocycles. The van der Waals surface area contributed by atoms with Crippen LogP contribution in [0.4, 0.5) is 5.69 Å². The zero-order chi connectivity index (χ0) is 18.4. The number of nitrogens with zero attached hydrogens (tertiary/aromatic N) is 2. The van der Waals surface area contributed by atoms with Crippen LogP contribution in [0, 0.1) is 0 Å². The van der Waals surface area contributed by atoms with E-state index in [1.807, 2.05) is 55.4 Å². The van der Waals surface area contributed by atoms with Gasteiger partial charge in [-0.3, -0.25) is 4.79 Å². The van der Waals surface area contributed by atoms with Crippen molar-refractivity contribution in [3.05, 3.63) is 59.9 Å². The van der Waals surface area contributed by atoms with Gasteiger partial charge in [-0.2, -0.15) is 4.57 Å². The van der Waals surface area contributed by atoms with Crippen LogP contribution < -0.4 is 9.47 Å². The number of hydrogen-bond donors (Lipinski definition) is 1. The van der Waals surface area contributed by atoms with Crippen LogP contribution in [0.5, 0.6) is 0 Å². The summed E-state index contributed by atoms with van der Waals surface area (Å²) in [6.45, 7) is 1.40. The summed E-state index contributed by atoms with van der Waals surface area (Å²) in [5.41, 5.74) is 3.19. The van der Waals surface area contributed by atoms with E-state index in [1.165, 1.54) is 6.92 Å². The molecule has 0 aliphatic heterocycles. The van der Waals surface area contributed by atoms with Crippen molar-refractivity contribution in [2.75, 3.05) is 19.0 Å². The molecule has 5 nitrogen and oxygen atoms in total. The fraction of sp³-hybridized carbons (Fsp3) is 0.250. The van der Waals surface area contributed by atoms with Crippen molar-refractivity contribution >= 4 is 29.6 Å². The molecule has 0 aliphatic rings. The first-order valence-corrected chi connectivity index (χ1v) is 8.05. The number of aliphatic carboxylic acids is 1. The number of Topliss-reactive ketones (excluding diaryl/α,β-unsaturated/α-hetero) is 1. The number of aromatic nitrogens is 1. The first-order chi connectivity index (χ1) is 11.9. The fourth-order valence-corrected chi connectivity index (χ4v) is 2.44. The smallest absolute Gasteiger partial charge is 0.373 e. The first kappa shape index (κ1) is 18.4. The average Bonchev–Trinajstić information content (AvgIpc) is 2.58. The van der Waals surface area contributed by atoms with E-state index in [2.05, 4.69) is 12.1 Å². The van der Waals surface area contributed by atoms with E-state index in [0.29, 0.717) is 0 Å². The lowest BCUT2D eigenvalue weighted by Gasteiger charge is -2.11. The largest absolute Gasteiger partial charge is 0.476 e. The predicted octanol–water partition coefficient (Wildman–Crippen LogP) is 2.82. The van der Waals surface area contributed by atoms with Crippen LogP contribution >= 0.6 is 0 Å². The second-order valence-corrected chi connectivity index (χ2v) is 6.16. The quantitative estimate of drug-likeness (QED) is 0.788. The van der Waals surface area contributed by atoms with Gasteiger partial charge in [0.2, 0.25) is 0 Å². The molecule has 25 heavy (non-hydrogen) atoms. The van der Waals surface area contributed by atoms with E-state index in [9.17, 15) is 14.7 Å². The molecule has 0 saturated carbocycles. The molecule has 1 unspecified atom stereocenters. The molecular formula is C20H23N2O3+. The first-order valence-electron chi connectivity index (χ1n) is 8.05. The molecule has 2 rings (SSSR count). The van der Waals surface area contributed by atoms with Gasteiger partial charge in [-0.15, -0.1) is 0 Å². The molecule has 1 aromatic heterocycles. The number of carboxylic acid groups (broad SMARTS) is 1. The SMILES string of the molecule is CC(=O)CC(C(=O)O)[n+]1ccc(/C=C/c2ccc(N(C)C)cc2)cc1. The number of hydrogen-bond acceptors (Lipinski definition) is 3. The van der Waals surface area contributed by atoms with Crippen molar-refractivity contribution in [1.82, 2.24) is 0 Å². The zero-order valence-corrected chi connectivity index (χ0v) is 14.7. The summed E-state index contributed by atoms with van der Waals surface area (Å²) in [4.78, 5) is 24.6. The molecule has 1 atom stereocenters. The highest BCUT2D eigenvalue weighted by molar-refractivity contribution is 5.82. The minimum absolute atomic E-state index is 0.0204. The van der Waals surface area contributed by atoms with E-state index in [4.69, 9.17) is 0 Å². The summed E-state index contributed by atoms with van der Waals surface area (Å²) in [7, 11) is 4.00. The van der Waals surface area contributed by atoms with E-state index >= 15 is 0 Å². The normalized spacial score (nSPS) is 12.1. The molecule has 0 radical (unpaired) electrons. The average molecular weight is 339 g/mol. The Morgan fingerprint density at radius 3 is 2.00 bits per heavy atom. The highest BCUT2D eigenvalue weighted by Crippen LogP contribution is 2.14. The van der Waals surface area contributed by atoms with Gasteiger partial charge in [0, 0.05) is 31.9 Å². The summed E-state index contributed by atoms with van der Waals surface area (Å²) >= 11 is 0. The van der Waals surface area contributed by atoms with Crippen LogP contribution in [0.15, 0.2) is 48.8 Å². The topological polar surface area (TPSA) is 61.5 Å². The van der Waals surface area contributed by atoms with Crippen molar-refractivity contribution in [3.63, 3.8) is 0 Å². The Bertz CT molecular complexity index is 763. The predicted molar refractivity (Wildman–Crippen MR) is 98.3 cm³/mol. The maximum Gasteiger partial charge on any atom is 0.373 e. The van der Waals surface area contributed by atoms with Gasteiger partial charge in [0.15, 0.2) is 12.4 Å². The molecule has 130 valence electrons. The maximum atomic E-state index is 11.3. The molecule has 0 amide bonds.